The zero-order chi connectivity index (χ0) is 9.84. The molecule has 0 aromatic heterocycles. The zero-order valence-corrected chi connectivity index (χ0v) is 8.40. The normalized spacial score (nSPS) is 36.5. The van der Waals surface area contributed by atoms with Crippen LogP contribution in [0, 0.1) is 0 Å². The lowest BCUT2D eigenvalue weighted by molar-refractivity contribution is -0.0780. The van der Waals surface area contributed by atoms with Crippen molar-refractivity contribution in [1.29, 1.82) is 0 Å². The Labute approximate surface area is 78.8 Å². The van der Waals surface area contributed by atoms with E-state index in [4.69, 9.17) is 14.2 Å². The molecule has 1 rings (SSSR count). The summed E-state index contributed by atoms with van der Waals surface area (Å²) < 4.78 is 16.0. The summed E-state index contributed by atoms with van der Waals surface area (Å²) in [5.74, 6) is 0. The smallest absolute Gasteiger partial charge is 0.114 e. The summed E-state index contributed by atoms with van der Waals surface area (Å²) >= 11 is 0. The van der Waals surface area contributed by atoms with Gasteiger partial charge in [-0.2, -0.15) is 0 Å². The van der Waals surface area contributed by atoms with Crippen LogP contribution in [0.3, 0.4) is 0 Å². The molecule has 0 aliphatic carbocycles. The first-order chi connectivity index (χ1) is 6.20. The maximum Gasteiger partial charge on any atom is 0.114 e. The van der Waals surface area contributed by atoms with Crippen LogP contribution < -0.4 is 0 Å². The molecule has 4 nitrogen and oxygen atoms in total. The molecular weight excluding hydrogens is 172 g/mol. The highest BCUT2D eigenvalue weighted by Crippen LogP contribution is 2.22. The quantitative estimate of drug-likeness (QED) is 0.687. The summed E-state index contributed by atoms with van der Waals surface area (Å²) in [4.78, 5) is 0. The average Bonchev–Trinajstić information content (AvgIpc) is 2.48. The van der Waals surface area contributed by atoms with Crippen LogP contribution in [0.15, 0.2) is 0 Å². The largest absolute Gasteiger partial charge is 0.391 e. The first-order valence-electron chi connectivity index (χ1n) is 4.64. The molecule has 0 bridgehead atoms. The van der Waals surface area contributed by atoms with Crippen molar-refractivity contribution in [3.63, 3.8) is 0 Å². The van der Waals surface area contributed by atoms with Gasteiger partial charge in [0.2, 0.25) is 0 Å². The second kappa shape index (κ2) is 4.91. The van der Waals surface area contributed by atoms with Crippen molar-refractivity contribution in [2.75, 3.05) is 20.3 Å². The Kier molecular flexibility index (Phi) is 4.12. The number of hydrogen-bond acceptors (Lipinski definition) is 4. The lowest BCUT2D eigenvalue weighted by Crippen LogP contribution is -2.40. The Morgan fingerprint density at radius 3 is 2.77 bits per heavy atom. The van der Waals surface area contributed by atoms with Gasteiger partial charge in [0.05, 0.1) is 12.7 Å². The van der Waals surface area contributed by atoms with Crippen LogP contribution in [0.2, 0.25) is 0 Å². The summed E-state index contributed by atoms with van der Waals surface area (Å²) in [6.45, 7) is 4.73. The Hall–Kier alpha value is -0.160. The summed E-state index contributed by atoms with van der Waals surface area (Å²) in [7, 11) is 1.63. The number of rotatable bonds is 4. The summed E-state index contributed by atoms with van der Waals surface area (Å²) in [6, 6.07) is 0. The number of ether oxygens (including phenoxy) is 3. The fourth-order valence-corrected chi connectivity index (χ4v) is 1.62. The molecular formula is C9H18O4. The minimum atomic E-state index is -0.517. The molecule has 0 aromatic rings. The Bertz CT molecular complexity index is 149. The molecule has 1 N–H and O–H groups in total. The number of methoxy groups -OCH3 is 1. The third-order valence-corrected chi connectivity index (χ3v) is 2.28. The molecule has 13 heavy (non-hydrogen) atoms. The van der Waals surface area contributed by atoms with Gasteiger partial charge in [0.15, 0.2) is 0 Å². The summed E-state index contributed by atoms with van der Waals surface area (Å²) in [5, 5.41) is 9.40. The van der Waals surface area contributed by atoms with Crippen LogP contribution in [0.1, 0.15) is 13.8 Å². The van der Waals surface area contributed by atoms with E-state index in [2.05, 4.69) is 0 Å². The van der Waals surface area contributed by atoms with Gasteiger partial charge in [0.1, 0.15) is 18.3 Å². The van der Waals surface area contributed by atoms with Crippen LogP contribution in [0.25, 0.3) is 0 Å². The molecule has 0 aromatic carbocycles. The van der Waals surface area contributed by atoms with Crippen molar-refractivity contribution in [2.45, 2.75) is 38.3 Å². The van der Waals surface area contributed by atoms with Gasteiger partial charge in [0.25, 0.3) is 0 Å². The highest BCUT2D eigenvalue weighted by molar-refractivity contribution is 4.88. The van der Waals surface area contributed by atoms with E-state index in [9.17, 15) is 5.11 Å². The van der Waals surface area contributed by atoms with Gasteiger partial charge in [-0.05, 0) is 13.8 Å². The van der Waals surface area contributed by atoms with E-state index in [1.54, 1.807) is 14.0 Å². The molecule has 1 heterocycles. The highest BCUT2D eigenvalue weighted by atomic mass is 16.6. The topological polar surface area (TPSA) is 47.9 Å². The second-order valence-electron chi connectivity index (χ2n) is 3.23. The van der Waals surface area contributed by atoms with Crippen molar-refractivity contribution < 1.29 is 19.3 Å². The molecule has 1 fully saturated rings. The van der Waals surface area contributed by atoms with Crippen molar-refractivity contribution in [3.05, 3.63) is 0 Å². The molecule has 4 unspecified atom stereocenters. The van der Waals surface area contributed by atoms with Crippen LogP contribution in [-0.4, -0.2) is 49.8 Å². The predicted molar refractivity (Wildman–Crippen MR) is 47.6 cm³/mol. The predicted octanol–water partition coefficient (Wildman–Crippen LogP) is 0.186. The van der Waals surface area contributed by atoms with Gasteiger partial charge in [-0.25, -0.2) is 0 Å². The van der Waals surface area contributed by atoms with Crippen LogP contribution in [-0.2, 0) is 14.2 Å². The van der Waals surface area contributed by atoms with Crippen molar-refractivity contribution in [1.82, 2.24) is 0 Å². The van der Waals surface area contributed by atoms with E-state index in [0.29, 0.717) is 13.2 Å². The van der Waals surface area contributed by atoms with E-state index in [-0.39, 0.29) is 18.3 Å². The Morgan fingerprint density at radius 1 is 1.62 bits per heavy atom. The Morgan fingerprint density at radius 2 is 2.31 bits per heavy atom. The molecule has 1 saturated heterocycles. The second-order valence-corrected chi connectivity index (χ2v) is 3.23. The number of aliphatic hydroxyl groups is 1. The van der Waals surface area contributed by atoms with E-state index < -0.39 is 6.10 Å². The van der Waals surface area contributed by atoms with Gasteiger partial charge in [-0.15, -0.1) is 0 Å². The van der Waals surface area contributed by atoms with E-state index in [1.807, 2.05) is 6.92 Å². The summed E-state index contributed by atoms with van der Waals surface area (Å²) in [5.41, 5.74) is 0. The lowest BCUT2D eigenvalue weighted by Gasteiger charge is -2.23. The third kappa shape index (κ3) is 2.40. The molecule has 0 spiro atoms. The van der Waals surface area contributed by atoms with Gasteiger partial charge < -0.3 is 19.3 Å². The molecule has 0 saturated carbocycles. The average molecular weight is 190 g/mol. The van der Waals surface area contributed by atoms with Gasteiger partial charge >= 0.3 is 0 Å². The van der Waals surface area contributed by atoms with E-state index in [0.717, 1.165) is 0 Å². The van der Waals surface area contributed by atoms with Crippen LogP contribution in [0.5, 0.6) is 0 Å². The van der Waals surface area contributed by atoms with Gasteiger partial charge in [0, 0.05) is 13.7 Å². The SMILES string of the molecule is CCOC1C(OC)COC1C(C)O. The first kappa shape index (κ1) is 10.9. The molecule has 4 heteroatoms. The van der Waals surface area contributed by atoms with E-state index in [1.165, 1.54) is 0 Å². The van der Waals surface area contributed by atoms with Gasteiger partial charge in [-0.1, -0.05) is 0 Å². The van der Waals surface area contributed by atoms with E-state index >= 15 is 0 Å². The van der Waals surface area contributed by atoms with Crippen molar-refractivity contribution >= 4 is 0 Å². The van der Waals surface area contributed by atoms with Crippen LogP contribution in [0.4, 0.5) is 0 Å². The molecule has 78 valence electrons. The molecule has 0 radical (unpaired) electrons. The number of hydrogen-bond donors (Lipinski definition) is 1. The maximum atomic E-state index is 9.40. The fraction of sp³-hybridized carbons (Fsp3) is 1.00. The molecule has 1 aliphatic rings. The third-order valence-electron chi connectivity index (χ3n) is 2.28. The first-order valence-corrected chi connectivity index (χ1v) is 4.64. The fourth-order valence-electron chi connectivity index (χ4n) is 1.62. The van der Waals surface area contributed by atoms with Crippen LogP contribution >= 0.6 is 0 Å². The molecule has 0 amide bonds. The highest BCUT2D eigenvalue weighted by Gasteiger charge is 2.40. The Balaban J connectivity index is 2.55. The summed E-state index contributed by atoms with van der Waals surface area (Å²) in [6.07, 6.45) is -0.976. The van der Waals surface area contributed by atoms with Gasteiger partial charge in [-0.3, -0.25) is 0 Å². The monoisotopic (exact) mass is 190 g/mol. The number of aliphatic hydroxyl groups excluding tert-OH is 1. The van der Waals surface area contributed by atoms with Crippen molar-refractivity contribution in [2.24, 2.45) is 0 Å². The minimum absolute atomic E-state index is 0.0560. The zero-order valence-electron chi connectivity index (χ0n) is 8.40. The molecule has 4 atom stereocenters. The maximum absolute atomic E-state index is 9.40. The standard InChI is InChI=1S/C9H18O4/c1-4-12-9-7(11-3)5-13-8(9)6(2)10/h6-10H,4-5H2,1-3H3. The minimum Gasteiger partial charge on any atom is -0.391 e. The lowest BCUT2D eigenvalue weighted by atomic mass is 10.1. The van der Waals surface area contributed by atoms with Crippen molar-refractivity contribution in [3.8, 4) is 0 Å². The molecule has 1 aliphatic heterocycles.